The maximum absolute atomic E-state index is 13.6. The lowest BCUT2D eigenvalue weighted by molar-refractivity contribution is -0.116. The van der Waals surface area contributed by atoms with Gasteiger partial charge in [-0.15, -0.1) is 0 Å². The number of ether oxygens (including phenoxy) is 2. The van der Waals surface area contributed by atoms with E-state index in [4.69, 9.17) is 9.47 Å². The third-order valence-electron chi connectivity index (χ3n) is 6.53. The summed E-state index contributed by atoms with van der Waals surface area (Å²) in [6, 6.07) is 12.4. The average Bonchev–Trinajstić information content (AvgIpc) is 2.81. The number of Topliss-reactive ketones (excluding diaryl/α,β-unsaturated/α-hetero) is 3. The molecule has 3 aliphatic carbocycles. The van der Waals surface area contributed by atoms with Gasteiger partial charge in [-0.25, -0.2) is 0 Å². The van der Waals surface area contributed by atoms with Crippen molar-refractivity contribution in [2.45, 2.75) is 31.6 Å². The van der Waals surface area contributed by atoms with Gasteiger partial charge in [0.1, 0.15) is 0 Å². The molecular weight excluding hydrogens is 392 g/mol. The van der Waals surface area contributed by atoms with Crippen molar-refractivity contribution >= 4 is 17.3 Å². The topological polar surface area (TPSA) is 69.7 Å². The molecule has 0 fully saturated rings. The zero-order valence-corrected chi connectivity index (χ0v) is 17.5. The predicted molar refractivity (Wildman–Crippen MR) is 115 cm³/mol. The highest BCUT2D eigenvalue weighted by atomic mass is 16.5. The smallest absolute Gasteiger partial charge is 0.191 e. The van der Waals surface area contributed by atoms with Gasteiger partial charge in [-0.3, -0.25) is 14.4 Å². The molecule has 0 aliphatic heterocycles. The quantitative estimate of drug-likeness (QED) is 0.733. The molecular formula is C26H22O5. The summed E-state index contributed by atoms with van der Waals surface area (Å²) in [7, 11) is 3.11. The molecule has 0 radical (unpaired) electrons. The van der Waals surface area contributed by atoms with Gasteiger partial charge in [0.05, 0.1) is 14.2 Å². The molecule has 5 rings (SSSR count). The summed E-state index contributed by atoms with van der Waals surface area (Å²) in [4.78, 5) is 40.1. The van der Waals surface area contributed by atoms with Gasteiger partial charge in [0.15, 0.2) is 28.8 Å². The van der Waals surface area contributed by atoms with Gasteiger partial charge >= 0.3 is 0 Å². The van der Waals surface area contributed by atoms with Crippen LogP contribution in [0, 0.1) is 0 Å². The maximum Gasteiger partial charge on any atom is 0.191 e. The fourth-order valence-electron chi connectivity index (χ4n) is 5.13. The molecule has 0 aromatic heterocycles. The first-order valence-electron chi connectivity index (χ1n) is 10.4. The number of ketones is 3. The van der Waals surface area contributed by atoms with Crippen molar-refractivity contribution in [2.24, 2.45) is 0 Å². The minimum Gasteiger partial charge on any atom is -0.493 e. The molecule has 0 saturated heterocycles. The molecule has 1 unspecified atom stereocenters. The van der Waals surface area contributed by atoms with Gasteiger partial charge in [-0.2, -0.15) is 0 Å². The van der Waals surface area contributed by atoms with E-state index in [1.807, 2.05) is 12.1 Å². The molecule has 0 amide bonds. The highest BCUT2D eigenvalue weighted by molar-refractivity contribution is 6.28. The summed E-state index contributed by atoms with van der Waals surface area (Å²) in [6.45, 7) is 0. The Hall–Kier alpha value is -3.47. The number of carbonyl (C=O) groups is 3. The largest absolute Gasteiger partial charge is 0.493 e. The van der Waals surface area contributed by atoms with Crippen LogP contribution in [-0.2, 0) is 4.79 Å². The molecule has 5 nitrogen and oxygen atoms in total. The zero-order valence-electron chi connectivity index (χ0n) is 17.5. The van der Waals surface area contributed by atoms with Gasteiger partial charge in [0, 0.05) is 40.2 Å². The van der Waals surface area contributed by atoms with Crippen LogP contribution in [0.1, 0.15) is 57.9 Å². The summed E-state index contributed by atoms with van der Waals surface area (Å²) in [5.41, 5.74) is 4.23. The molecule has 156 valence electrons. The van der Waals surface area contributed by atoms with Crippen LogP contribution in [0.4, 0.5) is 0 Å². The summed E-state index contributed by atoms with van der Waals surface area (Å²) in [5.74, 6) is 0.294. The van der Waals surface area contributed by atoms with Crippen LogP contribution in [0.5, 0.6) is 11.5 Å². The van der Waals surface area contributed by atoms with Crippen LogP contribution in [-0.4, -0.2) is 31.6 Å². The summed E-state index contributed by atoms with van der Waals surface area (Å²) < 4.78 is 10.8. The maximum atomic E-state index is 13.6. The van der Waals surface area contributed by atoms with E-state index in [0.717, 1.165) is 24.0 Å². The predicted octanol–water partition coefficient (Wildman–Crippen LogP) is 4.62. The SMILES string of the molecule is COc1ccc(C2C3=C(CCCC3=O)CC3=C2C(=O)c2ccccc2C3=O)cc1OC. The summed E-state index contributed by atoms with van der Waals surface area (Å²) >= 11 is 0. The van der Waals surface area contributed by atoms with Crippen LogP contribution >= 0.6 is 0 Å². The van der Waals surface area contributed by atoms with Crippen molar-refractivity contribution < 1.29 is 23.9 Å². The third-order valence-corrected chi connectivity index (χ3v) is 6.53. The minimum absolute atomic E-state index is 0.0618. The number of methoxy groups -OCH3 is 2. The molecule has 31 heavy (non-hydrogen) atoms. The highest BCUT2D eigenvalue weighted by Gasteiger charge is 2.44. The fourth-order valence-corrected chi connectivity index (χ4v) is 5.13. The molecule has 5 heteroatoms. The Balaban J connectivity index is 1.76. The number of rotatable bonds is 3. The lowest BCUT2D eigenvalue weighted by atomic mass is 9.65. The van der Waals surface area contributed by atoms with E-state index >= 15 is 0 Å². The van der Waals surface area contributed by atoms with Gasteiger partial charge < -0.3 is 9.47 Å². The number of benzene rings is 2. The summed E-state index contributed by atoms with van der Waals surface area (Å²) in [6.07, 6.45) is 2.38. The average molecular weight is 414 g/mol. The van der Waals surface area contributed by atoms with Gasteiger partial charge in [-0.05, 0) is 37.0 Å². The van der Waals surface area contributed by atoms with E-state index in [9.17, 15) is 14.4 Å². The van der Waals surface area contributed by atoms with Crippen LogP contribution < -0.4 is 9.47 Å². The minimum atomic E-state index is -0.573. The second kappa shape index (κ2) is 7.34. The van der Waals surface area contributed by atoms with Crippen molar-refractivity contribution in [3.05, 3.63) is 81.4 Å². The van der Waals surface area contributed by atoms with E-state index in [-0.39, 0.29) is 17.3 Å². The van der Waals surface area contributed by atoms with Crippen molar-refractivity contribution in [2.75, 3.05) is 14.2 Å². The zero-order chi connectivity index (χ0) is 21.7. The lowest BCUT2D eigenvalue weighted by Crippen LogP contribution is -2.33. The third kappa shape index (κ3) is 2.87. The number of hydrogen-bond donors (Lipinski definition) is 0. The first-order valence-corrected chi connectivity index (χ1v) is 10.4. The van der Waals surface area contributed by atoms with E-state index < -0.39 is 5.92 Å². The standard InChI is InChI=1S/C26H22O5/c1-30-20-11-10-15(13-21(20)31-2)23-22-14(6-5-9-19(22)27)12-18-24(23)26(29)17-8-4-3-7-16(17)25(18)28/h3-4,7-8,10-11,13,23H,5-6,9,12H2,1-2H3. The van der Waals surface area contributed by atoms with Gasteiger partial charge in [-0.1, -0.05) is 35.9 Å². The Morgan fingerprint density at radius 3 is 2.23 bits per heavy atom. The molecule has 0 N–H and O–H groups in total. The second-order valence-corrected chi connectivity index (χ2v) is 8.11. The van der Waals surface area contributed by atoms with Crippen LogP contribution in [0.3, 0.4) is 0 Å². The number of hydrogen-bond acceptors (Lipinski definition) is 5. The first kappa shape index (κ1) is 19.5. The molecule has 0 bridgehead atoms. The van der Waals surface area contributed by atoms with E-state index in [1.165, 1.54) is 0 Å². The molecule has 0 heterocycles. The lowest BCUT2D eigenvalue weighted by Gasteiger charge is -2.36. The van der Waals surface area contributed by atoms with Crippen molar-refractivity contribution in [1.29, 1.82) is 0 Å². The number of allylic oxidation sites excluding steroid dienone is 4. The van der Waals surface area contributed by atoms with Crippen LogP contribution in [0.25, 0.3) is 0 Å². The van der Waals surface area contributed by atoms with E-state index in [2.05, 4.69) is 0 Å². The highest BCUT2D eigenvalue weighted by Crippen LogP contribution is 2.50. The molecule has 1 atom stereocenters. The molecule has 0 spiro atoms. The molecule has 2 aromatic carbocycles. The van der Waals surface area contributed by atoms with Crippen LogP contribution in [0.15, 0.2) is 64.8 Å². The van der Waals surface area contributed by atoms with Gasteiger partial charge in [0.2, 0.25) is 0 Å². The second-order valence-electron chi connectivity index (χ2n) is 8.11. The summed E-state index contributed by atoms with van der Waals surface area (Å²) in [5, 5.41) is 0. The Kier molecular flexibility index (Phi) is 4.62. The fraction of sp³-hybridized carbons (Fsp3) is 0.269. The van der Waals surface area contributed by atoms with E-state index in [0.29, 0.717) is 52.2 Å². The van der Waals surface area contributed by atoms with Crippen molar-refractivity contribution in [3.63, 3.8) is 0 Å². The first-order chi connectivity index (χ1) is 15.0. The molecule has 0 saturated carbocycles. The van der Waals surface area contributed by atoms with Crippen molar-refractivity contribution in [3.8, 4) is 11.5 Å². The Morgan fingerprint density at radius 1 is 0.806 bits per heavy atom. The molecule has 3 aliphatic rings. The Bertz CT molecular complexity index is 1210. The monoisotopic (exact) mass is 414 g/mol. The molecule has 2 aromatic rings. The Morgan fingerprint density at radius 2 is 1.52 bits per heavy atom. The Labute approximate surface area is 180 Å². The normalized spacial score (nSPS) is 20.3. The van der Waals surface area contributed by atoms with E-state index in [1.54, 1.807) is 44.6 Å². The number of carbonyl (C=O) groups excluding carboxylic acids is 3. The van der Waals surface area contributed by atoms with Crippen molar-refractivity contribution in [1.82, 2.24) is 0 Å². The van der Waals surface area contributed by atoms with Gasteiger partial charge in [0.25, 0.3) is 0 Å². The number of fused-ring (bicyclic) bond motifs is 1. The van der Waals surface area contributed by atoms with Crippen LogP contribution in [0.2, 0.25) is 0 Å².